The lowest BCUT2D eigenvalue weighted by Crippen LogP contribution is -2.60. The molecule has 8 nitrogen and oxygen atoms in total. The lowest BCUT2D eigenvalue weighted by atomic mass is 9.70. The van der Waals surface area contributed by atoms with Crippen LogP contribution < -0.4 is 0 Å². The molecule has 44 heavy (non-hydrogen) atoms. The highest BCUT2D eigenvalue weighted by Gasteiger charge is 2.77. The summed E-state index contributed by atoms with van der Waals surface area (Å²) in [5, 5.41) is 10.7. The summed E-state index contributed by atoms with van der Waals surface area (Å²) >= 11 is 3.78. The van der Waals surface area contributed by atoms with Gasteiger partial charge in [-0.3, -0.25) is 14.4 Å². The molecule has 3 aliphatic heterocycles. The zero-order chi connectivity index (χ0) is 31.6. The van der Waals surface area contributed by atoms with Crippen LogP contribution in [0.15, 0.2) is 86.0 Å². The first-order chi connectivity index (χ1) is 21.2. The van der Waals surface area contributed by atoms with Gasteiger partial charge in [0.05, 0.1) is 30.6 Å². The number of ether oxygens (including phenoxy) is 1. The number of likely N-dealkylation sites (tertiary alicyclic amines) is 1. The fourth-order valence-corrected chi connectivity index (χ4v) is 8.36. The van der Waals surface area contributed by atoms with Crippen LogP contribution >= 0.6 is 15.9 Å². The topological polar surface area (TPSA) is 90.4 Å². The molecule has 1 spiro atoms. The van der Waals surface area contributed by atoms with Gasteiger partial charge in [-0.2, -0.15) is 0 Å². The molecule has 2 aromatic rings. The quantitative estimate of drug-likeness (QED) is 0.259. The van der Waals surface area contributed by atoms with E-state index in [1.807, 2.05) is 74.5 Å². The van der Waals surface area contributed by atoms with Gasteiger partial charge in [0.2, 0.25) is 17.7 Å². The van der Waals surface area contributed by atoms with Crippen LogP contribution in [0.5, 0.6) is 0 Å². The zero-order valence-electron chi connectivity index (χ0n) is 25.4. The first-order valence-electron chi connectivity index (χ1n) is 15.3. The van der Waals surface area contributed by atoms with E-state index in [0.29, 0.717) is 32.5 Å². The lowest BCUT2D eigenvalue weighted by molar-refractivity contribution is -0.152. The number of aliphatic hydroxyl groups excluding tert-OH is 1. The molecule has 0 aliphatic carbocycles. The van der Waals surface area contributed by atoms with E-state index in [9.17, 15) is 19.5 Å². The van der Waals surface area contributed by atoms with Crippen LogP contribution in [0.2, 0.25) is 0 Å². The average Bonchev–Trinajstić information content (AvgIpc) is 3.62. The highest BCUT2D eigenvalue weighted by atomic mass is 79.9. The van der Waals surface area contributed by atoms with Crippen molar-refractivity contribution in [2.24, 2.45) is 11.8 Å². The number of carbonyl (C=O) groups is 3. The number of amides is 3. The van der Waals surface area contributed by atoms with E-state index in [4.69, 9.17) is 4.74 Å². The van der Waals surface area contributed by atoms with Crippen LogP contribution in [-0.4, -0.2) is 91.9 Å². The third-order valence-corrected chi connectivity index (χ3v) is 10.1. The number of carbonyl (C=O) groups excluding carboxylic acids is 3. The maximum absolute atomic E-state index is 14.7. The summed E-state index contributed by atoms with van der Waals surface area (Å²) in [6.45, 7) is 12.2. The van der Waals surface area contributed by atoms with Crippen molar-refractivity contribution in [3.8, 4) is 0 Å². The standard InChI is InChI=1S/C35H42BrN3O5/c1-5-17-37(21-25-15-11-8-12-16-25)32(41)28-29-33(42)39(26(22-40)19-24-13-9-7-10-14-24)31(34(43)38(18-6-2)23(3)4)35(29)20-27(36)30(28)44-35/h5-16,23,26-31,40H,1-2,17-22H2,3-4H3/t26-,27?,28+,29+,30+,31?,35?/m1/s1. The Labute approximate surface area is 268 Å². The van der Waals surface area contributed by atoms with Crippen LogP contribution in [-0.2, 0) is 32.1 Å². The van der Waals surface area contributed by atoms with Crippen LogP contribution in [0.25, 0.3) is 0 Å². The second-order valence-electron chi connectivity index (χ2n) is 12.3. The predicted molar refractivity (Wildman–Crippen MR) is 173 cm³/mol. The van der Waals surface area contributed by atoms with E-state index >= 15 is 0 Å². The van der Waals surface area contributed by atoms with Crippen molar-refractivity contribution in [3.05, 3.63) is 97.1 Å². The number of halogens is 1. The number of nitrogens with zero attached hydrogens (tertiary/aromatic N) is 3. The molecule has 7 atom stereocenters. The van der Waals surface area contributed by atoms with Gasteiger partial charge < -0.3 is 24.5 Å². The highest BCUT2D eigenvalue weighted by Crippen LogP contribution is 2.61. The summed E-state index contributed by atoms with van der Waals surface area (Å²) in [4.78, 5) is 48.5. The van der Waals surface area contributed by atoms with E-state index in [0.717, 1.165) is 11.1 Å². The summed E-state index contributed by atoms with van der Waals surface area (Å²) in [6.07, 6.45) is 3.53. The number of hydrogen-bond acceptors (Lipinski definition) is 5. The van der Waals surface area contributed by atoms with E-state index in [1.54, 1.807) is 26.9 Å². The first kappa shape index (κ1) is 32.1. The molecule has 3 aliphatic rings. The van der Waals surface area contributed by atoms with Crippen LogP contribution in [0.1, 0.15) is 31.4 Å². The Morgan fingerprint density at radius 3 is 2.23 bits per heavy atom. The van der Waals surface area contributed by atoms with Gasteiger partial charge in [0.1, 0.15) is 11.6 Å². The first-order valence-corrected chi connectivity index (χ1v) is 16.2. The molecular formula is C35H42BrN3O5. The Hall–Kier alpha value is -3.27. The predicted octanol–water partition coefficient (Wildman–Crippen LogP) is 3.98. The minimum absolute atomic E-state index is 0.167. The van der Waals surface area contributed by atoms with E-state index in [2.05, 4.69) is 29.1 Å². The van der Waals surface area contributed by atoms with Gasteiger partial charge in [-0.1, -0.05) is 88.7 Å². The molecule has 2 aromatic carbocycles. The maximum atomic E-state index is 14.7. The Balaban J connectivity index is 1.58. The molecule has 3 saturated heterocycles. The molecule has 5 rings (SSSR count). The second-order valence-corrected chi connectivity index (χ2v) is 13.5. The van der Waals surface area contributed by atoms with Crippen molar-refractivity contribution in [1.29, 1.82) is 0 Å². The largest absolute Gasteiger partial charge is 0.394 e. The monoisotopic (exact) mass is 663 g/mol. The molecule has 9 heteroatoms. The smallest absolute Gasteiger partial charge is 0.248 e. The molecule has 0 radical (unpaired) electrons. The third kappa shape index (κ3) is 5.66. The normalized spacial score (nSPS) is 27.7. The minimum atomic E-state index is -1.22. The van der Waals surface area contributed by atoms with Crippen molar-refractivity contribution in [3.63, 3.8) is 0 Å². The molecule has 3 heterocycles. The molecule has 2 bridgehead atoms. The van der Waals surface area contributed by atoms with Gasteiger partial charge in [-0.05, 0) is 37.8 Å². The van der Waals surface area contributed by atoms with Gasteiger partial charge in [0.15, 0.2) is 0 Å². The molecular weight excluding hydrogens is 622 g/mol. The van der Waals surface area contributed by atoms with Gasteiger partial charge >= 0.3 is 0 Å². The molecule has 1 N–H and O–H groups in total. The van der Waals surface area contributed by atoms with E-state index in [1.165, 1.54) is 0 Å². The second kappa shape index (κ2) is 13.4. The molecule has 0 saturated carbocycles. The number of benzene rings is 2. The van der Waals surface area contributed by atoms with Crippen molar-refractivity contribution in [1.82, 2.24) is 14.7 Å². The fourth-order valence-electron chi connectivity index (χ4n) is 7.41. The summed E-state index contributed by atoms with van der Waals surface area (Å²) < 4.78 is 6.76. The van der Waals surface area contributed by atoms with Crippen molar-refractivity contribution in [2.45, 2.75) is 67.9 Å². The molecule has 3 amide bonds. The third-order valence-electron chi connectivity index (χ3n) is 9.27. The molecule has 234 valence electrons. The van der Waals surface area contributed by atoms with Crippen molar-refractivity contribution in [2.75, 3.05) is 19.7 Å². The number of fused-ring (bicyclic) bond motifs is 1. The van der Waals surface area contributed by atoms with Crippen LogP contribution in [0.3, 0.4) is 0 Å². The highest BCUT2D eigenvalue weighted by molar-refractivity contribution is 9.09. The summed E-state index contributed by atoms with van der Waals surface area (Å²) in [5.41, 5.74) is 0.672. The Bertz CT molecular complexity index is 1370. The Kier molecular flexibility index (Phi) is 9.77. The Morgan fingerprint density at radius 2 is 1.66 bits per heavy atom. The molecule has 0 aromatic heterocycles. The van der Waals surface area contributed by atoms with Gasteiger partial charge in [-0.25, -0.2) is 0 Å². The van der Waals surface area contributed by atoms with E-state index in [-0.39, 0.29) is 35.2 Å². The summed E-state index contributed by atoms with van der Waals surface area (Å²) in [7, 11) is 0. The Morgan fingerprint density at radius 1 is 1.05 bits per heavy atom. The number of aliphatic hydroxyl groups is 1. The number of alkyl halides is 1. The van der Waals surface area contributed by atoms with Gasteiger partial charge in [-0.15, -0.1) is 13.2 Å². The lowest BCUT2D eigenvalue weighted by Gasteiger charge is -2.40. The zero-order valence-corrected chi connectivity index (χ0v) is 27.0. The number of hydrogen-bond donors (Lipinski definition) is 1. The van der Waals surface area contributed by atoms with E-state index < -0.39 is 35.6 Å². The molecule has 3 fully saturated rings. The summed E-state index contributed by atoms with van der Waals surface area (Å²) in [6, 6.07) is 17.5. The average molecular weight is 665 g/mol. The van der Waals surface area contributed by atoms with Crippen molar-refractivity contribution < 1.29 is 24.2 Å². The summed E-state index contributed by atoms with van der Waals surface area (Å²) in [5.74, 6) is -2.45. The van der Waals surface area contributed by atoms with Gasteiger partial charge in [0, 0.05) is 30.5 Å². The van der Waals surface area contributed by atoms with Gasteiger partial charge in [0.25, 0.3) is 0 Å². The number of rotatable bonds is 13. The van der Waals surface area contributed by atoms with Crippen LogP contribution in [0, 0.1) is 11.8 Å². The molecule has 3 unspecified atom stereocenters. The minimum Gasteiger partial charge on any atom is -0.394 e. The fraction of sp³-hybridized carbons (Fsp3) is 0.457. The SMILES string of the molecule is C=CCN(Cc1ccccc1)C(=O)[C@H]1[C@H]2C(=O)N([C@@H](CO)Cc3ccccc3)C(C(=O)N(CC=C)C(C)C)C23CC(Br)[C@@H]1O3. The van der Waals surface area contributed by atoms with Crippen molar-refractivity contribution >= 4 is 33.7 Å². The maximum Gasteiger partial charge on any atom is 0.248 e. The van der Waals surface area contributed by atoms with Crippen LogP contribution in [0.4, 0.5) is 0 Å².